The molecule has 3 aromatic carbocycles. The second-order valence-corrected chi connectivity index (χ2v) is 16.1. The normalized spacial score (nSPS) is 16.8. The molecule has 0 atom stereocenters. The predicted molar refractivity (Wildman–Crippen MR) is 147 cm³/mol. The van der Waals surface area contributed by atoms with Crippen LogP contribution >= 0.6 is 8.20 Å². The van der Waals surface area contributed by atoms with Gasteiger partial charge in [0.2, 0.25) is 0 Å². The maximum atomic E-state index is 2.48. The Hall–Kier alpha value is -0.880. The predicted octanol–water partition coefficient (Wildman–Crippen LogP) is 2.90. The van der Waals surface area contributed by atoms with E-state index in [4.69, 9.17) is 0 Å². The quantitative estimate of drug-likeness (QED) is 0.225. The van der Waals surface area contributed by atoms with Crippen LogP contribution in [0.15, 0.2) is 88.0 Å². The summed E-state index contributed by atoms with van der Waals surface area (Å²) in [5, 5.41) is 7.85. The van der Waals surface area contributed by atoms with Crippen LogP contribution in [0.1, 0.15) is 38.8 Å². The molecule has 0 saturated heterocycles. The molecule has 179 valence electrons. The van der Waals surface area contributed by atoms with E-state index < -0.39 is 8.07 Å². The molecule has 3 heterocycles. The van der Waals surface area contributed by atoms with Crippen molar-refractivity contribution in [3.8, 4) is 11.1 Å². The third kappa shape index (κ3) is 5.12. The van der Waals surface area contributed by atoms with Gasteiger partial charge in [0.1, 0.15) is 8.07 Å². The molecule has 0 spiro atoms. The van der Waals surface area contributed by atoms with E-state index in [1.165, 1.54) is 41.2 Å². The van der Waals surface area contributed by atoms with Crippen LogP contribution in [-0.4, -0.2) is 13.4 Å². The van der Waals surface area contributed by atoms with Crippen molar-refractivity contribution in [3.05, 3.63) is 99.2 Å². The molecule has 1 aliphatic carbocycles. The molecule has 1 radical (unpaired) electrons. The van der Waals surface area contributed by atoms with E-state index in [0.29, 0.717) is 0 Å². The van der Waals surface area contributed by atoms with E-state index in [9.17, 15) is 0 Å². The Morgan fingerprint density at radius 2 is 1.54 bits per heavy atom. The van der Waals surface area contributed by atoms with Crippen LogP contribution in [0.5, 0.6) is 0 Å². The van der Waals surface area contributed by atoms with Crippen molar-refractivity contribution in [1.29, 1.82) is 0 Å². The fourth-order valence-corrected chi connectivity index (χ4v) is 11.6. The number of aryl methyl sites for hydroxylation is 1. The zero-order chi connectivity index (χ0) is 22.8. The summed E-state index contributed by atoms with van der Waals surface area (Å²) in [5.74, 6) is 2.28. The van der Waals surface area contributed by atoms with Gasteiger partial charge in [-0.15, -0.1) is 34.5 Å². The van der Waals surface area contributed by atoms with Crippen LogP contribution in [0.2, 0.25) is 13.1 Å². The molecule has 7 rings (SSSR count). The van der Waals surface area contributed by atoms with Gasteiger partial charge in [0, 0.05) is 5.29 Å². The first kappa shape index (κ1) is 30.3. The molecule has 0 amide bonds. The first-order chi connectivity index (χ1) is 15.1. The first-order valence-electron chi connectivity index (χ1n) is 11.6. The Bertz CT molecular complexity index is 1380. The van der Waals surface area contributed by atoms with Crippen LogP contribution in [0.4, 0.5) is 0 Å². The van der Waals surface area contributed by atoms with E-state index in [-0.39, 0.29) is 56.4 Å². The van der Waals surface area contributed by atoms with Gasteiger partial charge in [-0.25, -0.2) is 0 Å². The third-order valence-electron chi connectivity index (χ3n) is 7.16. The Morgan fingerprint density at radius 3 is 2.11 bits per heavy atom. The molecule has 0 aromatic heterocycles. The van der Waals surface area contributed by atoms with E-state index in [0.717, 1.165) is 0 Å². The fourth-order valence-electron chi connectivity index (χ4n) is 5.66. The number of fused-ring (bicyclic) bond motifs is 1. The minimum absolute atomic E-state index is 0. The summed E-state index contributed by atoms with van der Waals surface area (Å²) in [6, 6.07) is 20.1. The minimum atomic E-state index is -1.04. The van der Waals surface area contributed by atoms with Gasteiger partial charge in [-0.1, -0.05) is 90.5 Å². The average Bonchev–Trinajstić information content (AvgIpc) is 3.43. The Labute approximate surface area is 245 Å². The second kappa shape index (κ2) is 10.8. The molecule has 0 fully saturated rings. The molecule has 0 N–H and O–H groups in total. The summed E-state index contributed by atoms with van der Waals surface area (Å²) >= 11 is 0. The van der Waals surface area contributed by atoms with Gasteiger partial charge in [-0.2, -0.15) is 6.07 Å². The topological polar surface area (TPSA) is 0 Å². The number of allylic oxidation sites excluding steroid dienone is 5. The van der Waals surface area contributed by atoms with Gasteiger partial charge < -0.3 is 24.8 Å². The molecule has 3 aliphatic heterocycles. The van der Waals surface area contributed by atoms with Gasteiger partial charge in [0.05, 0.1) is 0 Å². The molecule has 3 aromatic rings. The molecule has 2 bridgehead atoms. The molecule has 5 heteroatoms. The first-order valence-corrected chi connectivity index (χ1v) is 15.5. The summed E-state index contributed by atoms with van der Waals surface area (Å²) < 4.78 is 0. The smallest absolute Gasteiger partial charge is 1.00 e. The Balaban J connectivity index is 0.000000249. The van der Waals surface area contributed by atoms with E-state index in [2.05, 4.69) is 114 Å². The summed E-state index contributed by atoms with van der Waals surface area (Å²) in [4.78, 5) is 0. The molecule has 4 aliphatic rings. The van der Waals surface area contributed by atoms with Crippen molar-refractivity contribution in [2.75, 3.05) is 0 Å². The van der Waals surface area contributed by atoms with Crippen molar-refractivity contribution >= 4 is 32.3 Å². The Kier molecular flexibility index (Phi) is 9.41. The van der Waals surface area contributed by atoms with Crippen molar-refractivity contribution < 1.29 is 51.0 Å². The van der Waals surface area contributed by atoms with Crippen LogP contribution in [0.3, 0.4) is 0 Å². The van der Waals surface area contributed by atoms with Gasteiger partial charge in [-0.3, -0.25) is 0 Å². The number of halogens is 2. The van der Waals surface area contributed by atoms with E-state index in [1.807, 2.05) is 0 Å². The number of hydrogen-bond acceptors (Lipinski definition) is 0. The van der Waals surface area contributed by atoms with Crippen molar-refractivity contribution in [3.63, 3.8) is 0 Å². The maximum Gasteiger partial charge on any atom is 3.00 e. The summed E-state index contributed by atoms with van der Waals surface area (Å²) in [5.41, 5.74) is 8.77. The standard InChI is InChI=1S/C20H21.C10H11PSi.2ClH.Zr/c1-14-12-16-6-5-7-18(19(16)13-14)15-8-10-17(11-9-15)20(2,3)4;1-6-9-7-4-5-11-8(7)10(6)12(9,2)3;;;/h5-13H,1-4H3;4-5H,1-3H3;2*1H;/q-1;;;;+3/p-2. The fraction of sp³-hybridized carbons (Fsp3) is 0.267. The SMILES string of the molecule is CC1=C2C3=PC=CC3=C1[Si]2(C)C.Cc1cc2c(-c3ccc(C(C)(C)C)cc3)cccc2[cH-]1.[Cl-].[Cl-].[Zr+3]. The van der Waals surface area contributed by atoms with Crippen LogP contribution < -0.4 is 24.8 Å². The van der Waals surface area contributed by atoms with E-state index >= 15 is 0 Å². The van der Waals surface area contributed by atoms with E-state index in [1.54, 1.807) is 26.8 Å². The van der Waals surface area contributed by atoms with Gasteiger partial charge in [0.25, 0.3) is 0 Å². The average molecular weight is 614 g/mol. The van der Waals surface area contributed by atoms with Crippen LogP contribution in [0, 0.1) is 6.92 Å². The second-order valence-electron chi connectivity index (χ2n) is 10.9. The van der Waals surface area contributed by atoms with Gasteiger partial charge in [-0.05, 0) is 51.3 Å². The Morgan fingerprint density at radius 1 is 0.886 bits per heavy atom. The number of hydrogen-bond donors (Lipinski definition) is 0. The summed E-state index contributed by atoms with van der Waals surface area (Å²) in [7, 11) is 0.407. The summed E-state index contributed by atoms with van der Waals surface area (Å²) in [6.07, 6.45) is 2.32. The van der Waals surface area contributed by atoms with Crippen molar-refractivity contribution in [2.24, 2.45) is 0 Å². The van der Waals surface area contributed by atoms with Gasteiger partial charge in [0.15, 0.2) is 0 Å². The van der Waals surface area contributed by atoms with Crippen molar-refractivity contribution in [1.82, 2.24) is 0 Å². The third-order valence-corrected chi connectivity index (χ3v) is 12.2. The molecular weight excluding hydrogens is 582 g/mol. The monoisotopic (exact) mass is 611 g/mol. The summed E-state index contributed by atoms with van der Waals surface area (Å²) in [6.45, 7) is 16.2. The maximum absolute atomic E-state index is 2.48. The molecule has 0 nitrogen and oxygen atoms in total. The molecule has 0 saturated carbocycles. The zero-order valence-electron chi connectivity index (χ0n) is 21.6. The zero-order valence-corrected chi connectivity index (χ0v) is 27.4. The van der Waals surface area contributed by atoms with Crippen LogP contribution in [-0.2, 0) is 31.6 Å². The number of rotatable bonds is 1. The molecule has 0 unspecified atom stereocenters. The van der Waals surface area contributed by atoms with Crippen molar-refractivity contribution in [2.45, 2.75) is 53.1 Å². The van der Waals surface area contributed by atoms with Crippen LogP contribution in [0.25, 0.3) is 21.9 Å². The minimum Gasteiger partial charge on any atom is -1.00 e. The van der Waals surface area contributed by atoms with Gasteiger partial charge >= 0.3 is 26.2 Å². The molecular formula is C30H32Cl2PSiZr. The number of benzene rings is 2. The largest absolute Gasteiger partial charge is 3.00 e. The molecule has 35 heavy (non-hydrogen) atoms.